The third-order valence-corrected chi connectivity index (χ3v) is 2.75. The van der Waals surface area contributed by atoms with Crippen LogP contribution in [-0.4, -0.2) is 33.4 Å². The minimum absolute atomic E-state index is 0.125. The number of hydrogen-bond acceptors (Lipinski definition) is 6. The van der Waals surface area contributed by atoms with E-state index in [1.807, 2.05) is 0 Å². The van der Waals surface area contributed by atoms with Crippen LogP contribution in [0.25, 0.3) is 10.4 Å². The summed E-state index contributed by atoms with van der Waals surface area (Å²) in [6, 6.07) is 0.967. The summed E-state index contributed by atoms with van der Waals surface area (Å²) in [6.07, 6.45) is 0.539. The first-order valence-corrected chi connectivity index (χ1v) is 5.31. The molecular weight excluding hydrogens is 240 g/mol. The van der Waals surface area contributed by atoms with E-state index in [-0.39, 0.29) is 12.4 Å². The largest absolute Gasteiger partial charge is 0.394 e. The number of aliphatic hydroxyl groups excluding tert-OH is 1. The van der Waals surface area contributed by atoms with E-state index in [2.05, 4.69) is 15.0 Å². The van der Waals surface area contributed by atoms with E-state index < -0.39 is 24.1 Å². The number of aromatic nitrogens is 2. The topological polar surface area (TPSA) is 139 Å². The van der Waals surface area contributed by atoms with Gasteiger partial charge in [-0.2, -0.15) is 4.98 Å². The van der Waals surface area contributed by atoms with Gasteiger partial charge in [-0.25, -0.2) is 4.79 Å². The Kier molecular flexibility index (Phi) is 3.47. The Hall–Kier alpha value is -2.09. The molecule has 2 heterocycles. The SMILES string of the molecule is [N-]=[N+]=N[C@H]1C[C@H](n2ccc(N)nc2=O)O[C@@H]1CO. The number of ether oxygens (including phenoxy) is 1. The van der Waals surface area contributed by atoms with Crippen LogP contribution < -0.4 is 11.4 Å². The van der Waals surface area contributed by atoms with E-state index in [0.717, 1.165) is 0 Å². The van der Waals surface area contributed by atoms with Crippen molar-refractivity contribution in [3.63, 3.8) is 0 Å². The van der Waals surface area contributed by atoms with Gasteiger partial charge < -0.3 is 15.6 Å². The van der Waals surface area contributed by atoms with Crippen molar-refractivity contribution in [2.75, 3.05) is 12.3 Å². The van der Waals surface area contributed by atoms with E-state index in [1.165, 1.54) is 16.8 Å². The molecule has 1 aliphatic heterocycles. The van der Waals surface area contributed by atoms with E-state index in [9.17, 15) is 4.79 Å². The predicted molar refractivity (Wildman–Crippen MR) is 61.5 cm³/mol. The molecule has 0 saturated carbocycles. The van der Waals surface area contributed by atoms with Gasteiger partial charge in [0.2, 0.25) is 0 Å². The fraction of sp³-hybridized carbons (Fsp3) is 0.556. The molecule has 0 radical (unpaired) electrons. The average molecular weight is 252 g/mol. The lowest BCUT2D eigenvalue weighted by molar-refractivity contribution is -0.0269. The van der Waals surface area contributed by atoms with Crippen LogP contribution in [0.1, 0.15) is 12.6 Å². The number of azide groups is 1. The fourth-order valence-corrected chi connectivity index (χ4v) is 1.88. The van der Waals surface area contributed by atoms with Crippen LogP contribution >= 0.6 is 0 Å². The molecular formula is C9H12N6O3. The first kappa shape index (κ1) is 12.4. The van der Waals surface area contributed by atoms with Crippen LogP contribution in [0.4, 0.5) is 5.82 Å². The van der Waals surface area contributed by atoms with Gasteiger partial charge in [-0.15, -0.1) is 0 Å². The second-order valence-electron chi connectivity index (χ2n) is 3.86. The van der Waals surface area contributed by atoms with Gasteiger partial charge >= 0.3 is 5.69 Å². The van der Waals surface area contributed by atoms with Gasteiger partial charge in [-0.05, 0) is 11.6 Å². The second kappa shape index (κ2) is 5.05. The highest BCUT2D eigenvalue weighted by molar-refractivity contribution is 5.23. The van der Waals surface area contributed by atoms with Crippen LogP contribution in [0.3, 0.4) is 0 Å². The third kappa shape index (κ3) is 2.28. The molecule has 9 nitrogen and oxygen atoms in total. The van der Waals surface area contributed by atoms with Crippen molar-refractivity contribution >= 4 is 5.82 Å². The number of nitrogens with two attached hydrogens (primary N) is 1. The summed E-state index contributed by atoms with van der Waals surface area (Å²) in [4.78, 5) is 17.9. The molecule has 0 amide bonds. The maximum atomic E-state index is 11.6. The summed E-state index contributed by atoms with van der Waals surface area (Å²) >= 11 is 0. The molecule has 2 rings (SSSR count). The van der Waals surface area contributed by atoms with E-state index in [0.29, 0.717) is 6.42 Å². The van der Waals surface area contributed by atoms with Crippen molar-refractivity contribution in [3.05, 3.63) is 33.2 Å². The fourth-order valence-electron chi connectivity index (χ4n) is 1.88. The zero-order valence-corrected chi connectivity index (χ0v) is 9.38. The Labute approximate surface area is 101 Å². The van der Waals surface area contributed by atoms with Gasteiger partial charge in [0.05, 0.1) is 18.8 Å². The second-order valence-corrected chi connectivity index (χ2v) is 3.86. The van der Waals surface area contributed by atoms with Gasteiger partial charge in [0.25, 0.3) is 0 Å². The lowest BCUT2D eigenvalue weighted by Crippen LogP contribution is -2.27. The molecule has 1 aromatic rings. The van der Waals surface area contributed by atoms with Gasteiger partial charge in [0.15, 0.2) is 0 Å². The monoisotopic (exact) mass is 252 g/mol. The highest BCUT2D eigenvalue weighted by Crippen LogP contribution is 2.29. The Morgan fingerprint density at radius 1 is 1.78 bits per heavy atom. The van der Waals surface area contributed by atoms with Crippen LogP contribution in [0.15, 0.2) is 22.2 Å². The zero-order chi connectivity index (χ0) is 13.1. The van der Waals surface area contributed by atoms with Gasteiger partial charge in [0.1, 0.15) is 12.0 Å². The molecule has 0 aliphatic carbocycles. The minimum atomic E-state index is -0.615. The van der Waals surface area contributed by atoms with Crippen molar-refractivity contribution < 1.29 is 9.84 Å². The molecule has 0 bridgehead atoms. The Morgan fingerprint density at radius 3 is 3.17 bits per heavy atom. The van der Waals surface area contributed by atoms with E-state index in [1.54, 1.807) is 0 Å². The summed E-state index contributed by atoms with van der Waals surface area (Å²) in [5.74, 6) is 0.125. The number of aliphatic hydroxyl groups is 1. The molecule has 9 heteroatoms. The third-order valence-electron chi connectivity index (χ3n) is 2.75. The lowest BCUT2D eigenvalue weighted by atomic mass is 10.1. The van der Waals surface area contributed by atoms with Crippen LogP contribution in [0.5, 0.6) is 0 Å². The minimum Gasteiger partial charge on any atom is -0.394 e. The standard InChI is InChI=1S/C9H12N6O3/c10-7-1-2-15(9(17)12-7)8-3-5(13-14-11)6(4-16)18-8/h1-2,5-6,8,16H,3-4H2,(H2,10,12,17)/t5-,6+,8+/m0/s1. The molecule has 1 aliphatic rings. The molecule has 0 unspecified atom stereocenters. The Morgan fingerprint density at radius 2 is 2.56 bits per heavy atom. The average Bonchev–Trinajstić information content (AvgIpc) is 2.72. The van der Waals surface area contributed by atoms with Crippen molar-refractivity contribution in [2.24, 2.45) is 5.11 Å². The predicted octanol–water partition coefficient (Wildman–Crippen LogP) is -0.216. The maximum Gasteiger partial charge on any atom is 0.351 e. The summed E-state index contributed by atoms with van der Waals surface area (Å²) in [5, 5.41) is 12.6. The summed E-state index contributed by atoms with van der Waals surface area (Å²) < 4.78 is 6.71. The molecule has 1 fully saturated rings. The molecule has 0 aromatic carbocycles. The van der Waals surface area contributed by atoms with Gasteiger partial charge in [-0.1, -0.05) is 5.11 Å². The van der Waals surface area contributed by atoms with E-state index >= 15 is 0 Å². The summed E-state index contributed by atoms with van der Waals surface area (Å²) in [6.45, 7) is -0.280. The van der Waals surface area contributed by atoms with E-state index in [4.69, 9.17) is 21.1 Å². The molecule has 1 aromatic heterocycles. The van der Waals surface area contributed by atoms with Gasteiger partial charge in [0, 0.05) is 17.5 Å². The number of nitrogen functional groups attached to an aromatic ring is 1. The quantitative estimate of drug-likeness (QED) is 0.435. The number of rotatable bonds is 3. The summed E-state index contributed by atoms with van der Waals surface area (Å²) in [7, 11) is 0. The van der Waals surface area contributed by atoms with Crippen molar-refractivity contribution in [1.82, 2.24) is 9.55 Å². The molecule has 3 N–H and O–H groups in total. The van der Waals surface area contributed by atoms with Crippen LogP contribution in [0, 0.1) is 0 Å². The highest BCUT2D eigenvalue weighted by Gasteiger charge is 2.35. The van der Waals surface area contributed by atoms with Crippen molar-refractivity contribution in [2.45, 2.75) is 24.8 Å². The normalized spacial score (nSPS) is 26.8. The molecule has 18 heavy (non-hydrogen) atoms. The highest BCUT2D eigenvalue weighted by atomic mass is 16.5. The molecule has 3 atom stereocenters. The number of nitrogens with zero attached hydrogens (tertiary/aromatic N) is 5. The Bertz CT molecular complexity index is 537. The molecule has 1 saturated heterocycles. The first-order valence-electron chi connectivity index (χ1n) is 5.31. The lowest BCUT2D eigenvalue weighted by Gasteiger charge is -2.14. The first-order chi connectivity index (χ1) is 8.65. The number of hydrogen-bond donors (Lipinski definition) is 2. The van der Waals surface area contributed by atoms with Crippen molar-refractivity contribution in [1.29, 1.82) is 0 Å². The van der Waals surface area contributed by atoms with Gasteiger partial charge in [-0.3, -0.25) is 4.57 Å². The Balaban J connectivity index is 2.25. The van der Waals surface area contributed by atoms with Crippen LogP contribution in [0.2, 0.25) is 0 Å². The summed E-state index contributed by atoms with van der Waals surface area (Å²) in [5.41, 5.74) is 13.3. The maximum absolute atomic E-state index is 11.6. The van der Waals surface area contributed by atoms with Crippen molar-refractivity contribution in [3.8, 4) is 0 Å². The zero-order valence-electron chi connectivity index (χ0n) is 9.38. The molecule has 0 spiro atoms. The molecule has 96 valence electrons. The van der Waals surface area contributed by atoms with Crippen LogP contribution in [-0.2, 0) is 4.74 Å². The smallest absolute Gasteiger partial charge is 0.351 e. The number of anilines is 1.